The normalized spacial score (nSPS) is 18.6. The molecule has 1 saturated heterocycles. The zero-order valence-electron chi connectivity index (χ0n) is 14.4. The van der Waals surface area contributed by atoms with Crippen molar-refractivity contribution in [2.24, 2.45) is 5.92 Å². The molecule has 1 aromatic carbocycles. The zero-order chi connectivity index (χ0) is 16.4. The van der Waals surface area contributed by atoms with E-state index < -0.39 is 0 Å². The van der Waals surface area contributed by atoms with Crippen LogP contribution in [0, 0.1) is 12.8 Å². The van der Waals surface area contributed by atoms with E-state index in [1.165, 1.54) is 37.7 Å². The third kappa shape index (κ3) is 3.86. The van der Waals surface area contributed by atoms with E-state index in [1.54, 1.807) is 0 Å². The SMILES string of the molecule is Cc1cc(N2CCC(Cc3ccccc3)CC2)nc(NC2CC2)n1. The van der Waals surface area contributed by atoms with Crippen molar-refractivity contribution in [2.45, 2.75) is 45.1 Å². The van der Waals surface area contributed by atoms with Gasteiger partial charge in [-0.3, -0.25) is 0 Å². The molecular weight excluding hydrogens is 296 g/mol. The van der Waals surface area contributed by atoms with E-state index in [-0.39, 0.29) is 0 Å². The van der Waals surface area contributed by atoms with Crippen molar-refractivity contribution >= 4 is 11.8 Å². The molecule has 0 atom stereocenters. The van der Waals surface area contributed by atoms with Crippen LogP contribution in [0.2, 0.25) is 0 Å². The number of benzene rings is 1. The van der Waals surface area contributed by atoms with Gasteiger partial charge in [0, 0.05) is 30.9 Å². The van der Waals surface area contributed by atoms with Gasteiger partial charge in [0.05, 0.1) is 0 Å². The first-order valence-electron chi connectivity index (χ1n) is 9.17. The van der Waals surface area contributed by atoms with Gasteiger partial charge < -0.3 is 10.2 Å². The van der Waals surface area contributed by atoms with Gasteiger partial charge in [-0.25, -0.2) is 4.98 Å². The highest BCUT2D eigenvalue weighted by Gasteiger charge is 2.24. The van der Waals surface area contributed by atoms with Gasteiger partial charge in [0.25, 0.3) is 0 Å². The molecule has 0 unspecified atom stereocenters. The van der Waals surface area contributed by atoms with Crippen LogP contribution in [0.1, 0.15) is 36.9 Å². The molecule has 0 amide bonds. The maximum atomic E-state index is 4.75. The number of rotatable bonds is 5. The lowest BCUT2D eigenvalue weighted by Crippen LogP contribution is -2.35. The molecule has 1 aliphatic heterocycles. The maximum Gasteiger partial charge on any atom is 0.225 e. The standard InChI is InChI=1S/C20H26N4/c1-15-13-19(23-20(21-15)22-18-7-8-18)24-11-9-17(10-12-24)14-16-5-3-2-4-6-16/h2-6,13,17-18H,7-12,14H2,1H3,(H,21,22,23). The molecule has 0 bridgehead atoms. The Morgan fingerprint density at radius 3 is 2.50 bits per heavy atom. The molecule has 2 aromatic rings. The second-order valence-corrected chi connectivity index (χ2v) is 7.23. The third-order valence-corrected chi connectivity index (χ3v) is 5.06. The number of aromatic nitrogens is 2. The van der Waals surface area contributed by atoms with Crippen LogP contribution in [0.4, 0.5) is 11.8 Å². The molecule has 1 saturated carbocycles. The third-order valence-electron chi connectivity index (χ3n) is 5.06. The van der Waals surface area contributed by atoms with Gasteiger partial charge >= 0.3 is 0 Å². The Balaban J connectivity index is 1.37. The summed E-state index contributed by atoms with van der Waals surface area (Å²) in [4.78, 5) is 11.7. The molecule has 2 fully saturated rings. The van der Waals surface area contributed by atoms with Gasteiger partial charge in [-0.05, 0) is 50.5 Å². The van der Waals surface area contributed by atoms with Crippen LogP contribution in [0.5, 0.6) is 0 Å². The van der Waals surface area contributed by atoms with E-state index in [9.17, 15) is 0 Å². The Labute approximate surface area is 144 Å². The van der Waals surface area contributed by atoms with Gasteiger partial charge in [-0.15, -0.1) is 0 Å². The molecule has 2 heterocycles. The molecule has 1 N–H and O–H groups in total. The Morgan fingerprint density at radius 2 is 1.79 bits per heavy atom. The van der Waals surface area contributed by atoms with Crippen molar-refractivity contribution in [1.29, 1.82) is 0 Å². The van der Waals surface area contributed by atoms with Gasteiger partial charge in [0.1, 0.15) is 5.82 Å². The fraction of sp³-hybridized carbons (Fsp3) is 0.500. The monoisotopic (exact) mass is 322 g/mol. The zero-order valence-corrected chi connectivity index (χ0v) is 14.4. The first kappa shape index (κ1) is 15.4. The summed E-state index contributed by atoms with van der Waals surface area (Å²) >= 11 is 0. The minimum Gasteiger partial charge on any atom is -0.356 e. The smallest absolute Gasteiger partial charge is 0.225 e. The van der Waals surface area contributed by atoms with Crippen LogP contribution in [0.3, 0.4) is 0 Å². The highest BCUT2D eigenvalue weighted by atomic mass is 15.2. The van der Waals surface area contributed by atoms with Crippen LogP contribution in [-0.4, -0.2) is 29.1 Å². The van der Waals surface area contributed by atoms with Crippen LogP contribution in [-0.2, 0) is 6.42 Å². The van der Waals surface area contributed by atoms with E-state index in [4.69, 9.17) is 4.98 Å². The first-order chi connectivity index (χ1) is 11.8. The summed E-state index contributed by atoms with van der Waals surface area (Å²) in [7, 11) is 0. The minimum absolute atomic E-state index is 0.594. The number of anilines is 2. The molecule has 4 rings (SSSR count). The van der Waals surface area contributed by atoms with Crippen LogP contribution in [0.15, 0.2) is 36.4 Å². The molecule has 24 heavy (non-hydrogen) atoms. The molecule has 4 nitrogen and oxygen atoms in total. The van der Waals surface area contributed by atoms with E-state index in [0.717, 1.165) is 36.5 Å². The predicted molar refractivity (Wildman–Crippen MR) is 98.5 cm³/mol. The van der Waals surface area contributed by atoms with Crippen molar-refractivity contribution in [2.75, 3.05) is 23.3 Å². The maximum absolute atomic E-state index is 4.75. The van der Waals surface area contributed by atoms with Crippen LogP contribution in [0.25, 0.3) is 0 Å². The Kier molecular flexibility index (Phi) is 4.37. The lowest BCUT2D eigenvalue weighted by atomic mass is 9.90. The average Bonchev–Trinajstić information content (AvgIpc) is 3.40. The average molecular weight is 322 g/mol. The summed E-state index contributed by atoms with van der Waals surface area (Å²) < 4.78 is 0. The lowest BCUT2D eigenvalue weighted by molar-refractivity contribution is 0.402. The second kappa shape index (κ2) is 6.80. The summed E-state index contributed by atoms with van der Waals surface area (Å²) in [5.74, 6) is 2.68. The van der Waals surface area contributed by atoms with Crippen molar-refractivity contribution in [3.8, 4) is 0 Å². The minimum atomic E-state index is 0.594. The van der Waals surface area contributed by atoms with Crippen LogP contribution >= 0.6 is 0 Å². The number of nitrogens with one attached hydrogen (secondary N) is 1. The molecular formula is C20H26N4. The topological polar surface area (TPSA) is 41.1 Å². The molecule has 2 aliphatic rings. The molecule has 0 spiro atoms. The summed E-state index contributed by atoms with van der Waals surface area (Å²) in [6.45, 7) is 4.25. The fourth-order valence-corrected chi connectivity index (χ4v) is 3.50. The quantitative estimate of drug-likeness (QED) is 0.908. The molecule has 126 valence electrons. The van der Waals surface area contributed by atoms with Gasteiger partial charge in [0.15, 0.2) is 0 Å². The summed E-state index contributed by atoms with van der Waals surface area (Å²) in [5.41, 5.74) is 2.51. The Morgan fingerprint density at radius 1 is 1.04 bits per heavy atom. The summed E-state index contributed by atoms with van der Waals surface area (Å²) in [5, 5.41) is 3.43. The van der Waals surface area contributed by atoms with Gasteiger partial charge in [-0.1, -0.05) is 30.3 Å². The Bertz CT molecular complexity index is 673. The molecule has 1 aromatic heterocycles. The van der Waals surface area contributed by atoms with Crippen molar-refractivity contribution in [1.82, 2.24) is 9.97 Å². The fourth-order valence-electron chi connectivity index (χ4n) is 3.50. The van der Waals surface area contributed by atoms with E-state index >= 15 is 0 Å². The largest absolute Gasteiger partial charge is 0.356 e. The number of piperidine rings is 1. The summed E-state index contributed by atoms with van der Waals surface area (Å²) in [6, 6.07) is 13.6. The molecule has 4 heteroatoms. The highest BCUT2D eigenvalue weighted by Crippen LogP contribution is 2.27. The van der Waals surface area contributed by atoms with Crippen LogP contribution < -0.4 is 10.2 Å². The lowest BCUT2D eigenvalue weighted by Gasteiger charge is -2.33. The van der Waals surface area contributed by atoms with E-state index in [0.29, 0.717) is 6.04 Å². The van der Waals surface area contributed by atoms with Crippen molar-refractivity contribution in [3.05, 3.63) is 47.7 Å². The second-order valence-electron chi connectivity index (χ2n) is 7.23. The van der Waals surface area contributed by atoms with E-state index in [2.05, 4.69) is 58.5 Å². The number of hydrogen-bond acceptors (Lipinski definition) is 4. The highest BCUT2D eigenvalue weighted by molar-refractivity contribution is 5.45. The van der Waals surface area contributed by atoms with Gasteiger partial charge in [-0.2, -0.15) is 4.98 Å². The molecule has 1 aliphatic carbocycles. The first-order valence-corrected chi connectivity index (χ1v) is 9.17. The Hall–Kier alpha value is -2.10. The van der Waals surface area contributed by atoms with E-state index in [1.807, 2.05) is 0 Å². The van der Waals surface area contributed by atoms with Crippen molar-refractivity contribution in [3.63, 3.8) is 0 Å². The molecule has 0 radical (unpaired) electrons. The van der Waals surface area contributed by atoms with Gasteiger partial charge in [0.2, 0.25) is 5.95 Å². The summed E-state index contributed by atoms with van der Waals surface area (Å²) in [6.07, 6.45) is 6.17. The number of nitrogens with zero attached hydrogens (tertiary/aromatic N) is 3. The number of aryl methyl sites for hydroxylation is 1. The predicted octanol–water partition coefficient (Wildman–Crippen LogP) is 3.82. The van der Waals surface area contributed by atoms with Crippen molar-refractivity contribution < 1.29 is 0 Å². The number of hydrogen-bond donors (Lipinski definition) is 1.